The lowest BCUT2D eigenvalue weighted by Gasteiger charge is -2.32. The highest BCUT2D eigenvalue weighted by molar-refractivity contribution is 7.99. The average Bonchev–Trinajstić information content (AvgIpc) is 2.93. The van der Waals surface area contributed by atoms with E-state index < -0.39 is 6.04 Å². The molecule has 0 aliphatic rings. The second kappa shape index (κ2) is 15.7. The van der Waals surface area contributed by atoms with E-state index in [0.717, 1.165) is 29.7 Å². The Morgan fingerprint density at radius 1 is 0.947 bits per heavy atom. The summed E-state index contributed by atoms with van der Waals surface area (Å²) in [4.78, 5) is 28.9. The van der Waals surface area contributed by atoms with Gasteiger partial charge in [0.1, 0.15) is 11.8 Å². The highest BCUT2D eigenvalue weighted by Gasteiger charge is 2.31. The van der Waals surface area contributed by atoms with Crippen molar-refractivity contribution in [3.63, 3.8) is 0 Å². The number of benzene rings is 3. The van der Waals surface area contributed by atoms with Crippen LogP contribution in [-0.4, -0.2) is 42.2 Å². The standard InChI is InChI=1S/C30H34Cl2N2O3S/c1-3-4-17-33-30(36)28(18-22-9-6-5-7-10-22)34(19-25-26(31)11-8-12-27(25)32)29(35)21-38-20-23-13-15-24(37-2)16-14-23/h5-16,28H,3-4,17-21H2,1-2H3,(H,33,36)/t28-/m0/s1. The van der Waals surface area contributed by atoms with E-state index in [1.807, 2.05) is 54.6 Å². The minimum atomic E-state index is -0.712. The molecule has 1 N–H and O–H groups in total. The molecule has 202 valence electrons. The van der Waals surface area contributed by atoms with Crippen LogP contribution >= 0.6 is 35.0 Å². The van der Waals surface area contributed by atoms with Gasteiger partial charge in [-0.25, -0.2) is 0 Å². The monoisotopic (exact) mass is 572 g/mol. The molecule has 0 saturated heterocycles. The number of nitrogens with zero attached hydrogens (tertiary/aromatic N) is 1. The first kappa shape index (κ1) is 29.9. The first-order chi connectivity index (χ1) is 18.4. The van der Waals surface area contributed by atoms with Crippen molar-refractivity contribution in [3.05, 3.63) is 99.5 Å². The third-order valence-electron chi connectivity index (χ3n) is 6.14. The van der Waals surface area contributed by atoms with E-state index in [-0.39, 0.29) is 24.1 Å². The van der Waals surface area contributed by atoms with Crippen LogP contribution in [0.25, 0.3) is 0 Å². The van der Waals surface area contributed by atoms with Gasteiger partial charge in [0.15, 0.2) is 0 Å². The van der Waals surface area contributed by atoms with Gasteiger partial charge in [-0.1, -0.05) is 85.1 Å². The summed E-state index contributed by atoms with van der Waals surface area (Å²) < 4.78 is 5.22. The molecule has 5 nitrogen and oxygen atoms in total. The van der Waals surface area contributed by atoms with Crippen molar-refractivity contribution in [2.45, 2.75) is 44.5 Å². The number of methoxy groups -OCH3 is 1. The van der Waals surface area contributed by atoms with Crippen LogP contribution in [0.5, 0.6) is 5.75 Å². The molecule has 1 atom stereocenters. The fourth-order valence-corrected chi connectivity index (χ4v) is 5.36. The summed E-state index contributed by atoms with van der Waals surface area (Å²) in [6.07, 6.45) is 2.21. The molecular weight excluding hydrogens is 539 g/mol. The molecule has 0 heterocycles. The first-order valence-corrected chi connectivity index (χ1v) is 14.6. The van der Waals surface area contributed by atoms with Crippen molar-refractivity contribution in [2.24, 2.45) is 0 Å². The van der Waals surface area contributed by atoms with Crippen molar-refractivity contribution in [3.8, 4) is 5.75 Å². The van der Waals surface area contributed by atoms with Crippen molar-refractivity contribution in [2.75, 3.05) is 19.4 Å². The Balaban J connectivity index is 1.85. The maximum atomic E-state index is 13.7. The maximum absolute atomic E-state index is 13.7. The minimum Gasteiger partial charge on any atom is -0.497 e. The molecule has 8 heteroatoms. The summed E-state index contributed by atoms with van der Waals surface area (Å²) in [5, 5.41) is 3.96. The molecule has 3 rings (SSSR count). The summed E-state index contributed by atoms with van der Waals surface area (Å²) in [5.41, 5.74) is 2.68. The zero-order valence-electron chi connectivity index (χ0n) is 21.8. The van der Waals surface area contributed by atoms with Crippen LogP contribution in [0.4, 0.5) is 0 Å². The number of amides is 2. The second-order valence-electron chi connectivity index (χ2n) is 8.91. The summed E-state index contributed by atoms with van der Waals surface area (Å²) >= 11 is 14.5. The largest absolute Gasteiger partial charge is 0.497 e. The van der Waals surface area contributed by atoms with E-state index in [1.165, 1.54) is 11.8 Å². The van der Waals surface area contributed by atoms with Gasteiger partial charge in [0.05, 0.1) is 12.9 Å². The molecule has 0 saturated carbocycles. The van der Waals surface area contributed by atoms with E-state index >= 15 is 0 Å². The fourth-order valence-electron chi connectivity index (χ4n) is 3.97. The van der Waals surface area contributed by atoms with Gasteiger partial charge in [-0.05, 0) is 41.8 Å². The lowest BCUT2D eigenvalue weighted by Crippen LogP contribution is -2.51. The molecule has 0 aliphatic carbocycles. The van der Waals surface area contributed by atoms with Crippen LogP contribution in [-0.2, 0) is 28.3 Å². The topological polar surface area (TPSA) is 58.6 Å². The first-order valence-electron chi connectivity index (χ1n) is 12.7. The molecule has 0 aromatic heterocycles. The van der Waals surface area contributed by atoms with Crippen LogP contribution in [0, 0.1) is 0 Å². The Morgan fingerprint density at radius 3 is 2.26 bits per heavy atom. The van der Waals surface area contributed by atoms with E-state index in [1.54, 1.807) is 30.2 Å². The Kier molecular flexibility index (Phi) is 12.3. The van der Waals surface area contributed by atoms with Gasteiger partial charge in [-0.3, -0.25) is 9.59 Å². The van der Waals surface area contributed by atoms with Gasteiger partial charge in [0.25, 0.3) is 0 Å². The van der Waals surface area contributed by atoms with Gasteiger partial charge in [-0.2, -0.15) is 0 Å². The Morgan fingerprint density at radius 2 is 1.63 bits per heavy atom. The number of halogens is 2. The molecule has 0 spiro atoms. The number of nitrogens with one attached hydrogen (secondary N) is 1. The van der Waals surface area contributed by atoms with Crippen LogP contribution in [0.1, 0.15) is 36.5 Å². The van der Waals surface area contributed by atoms with Crippen molar-refractivity contribution in [1.29, 1.82) is 0 Å². The van der Waals surface area contributed by atoms with Gasteiger partial charge in [0.2, 0.25) is 11.8 Å². The van der Waals surface area contributed by atoms with E-state index in [9.17, 15) is 9.59 Å². The van der Waals surface area contributed by atoms with Gasteiger partial charge in [-0.15, -0.1) is 11.8 Å². The van der Waals surface area contributed by atoms with Crippen molar-refractivity contribution >= 4 is 46.8 Å². The third kappa shape index (κ3) is 8.97. The zero-order valence-corrected chi connectivity index (χ0v) is 24.1. The van der Waals surface area contributed by atoms with Crippen molar-refractivity contribution in [1.82, 2.24) is 10.2 Å². The van der Waals surface area contributed by atoms with Crippen LogP contribution in [0.15, 0.2) is 72.8 Å². The van der Waals surface area contributed by atoms with Crippen molar-refractivity contribution < 1.29 is 14.3 Å². The Hall–Kier alpha value is -2.67. The summed E-state index contributed by atoms with van der Waals surface area (Å²) in [6.45, 7) is 2.77. The number of thioether (sulfide) groups is 1. The predicted octanol–water partition coefficient (Wildman–Crippen LogP) is 6.79. The number of hydrogen-bond donors (Lipinski definition) is 1. The molecule has 0 fully saturated rings. The highest BCUT2D eigenvalue weighted by atomic mass is 35.5. The zero-order chi connectivity index (χ0) is 27.3. The summed E-state index contributed by atoms with van der Waals surface area (Å²) in [7, 11) is 1.63. The number of unbranched alkanes of at least 4 members (excludes halogenated alkanes) is 1. The van der Waals surface area contributed by atoms with Crippen LogP contribution in [0.3, 0.4) is 0 Å². The molecule has 2 amide bonds. The predicted molar refractivity (Wildman–Crippen MR) is 158 cm³/mol. The smallest absolute Gasteiger partial charge is 0.243 e. The van der Waals surface area contributed by atoms with Crippen LogP contribution < -0.4 is 10.1 Å². The minimum absolute atomic E-state index is 0.138. The quantitative estimate of drug-likeness (QED) is 0.216. The molecule has 0 aliphatic heterocycles. The Labute approximate surface area is 239 Å². The molecular formula is C30H34Cl2N2O3S. The second-order valence-corrected chi connectivity index (χ2v) is 10.7. The number of hydrogen-bond acceptors (Lipinski definition) is 4. The Bertz CT molecular complexity index is 1160. The molecule has 0 bridgehead atoms. The molecule has 0 radical (unpaired) electrons. The number of carbonyl (C=O) groups is 2. The van der Waals surface area contributed by atoms with Gasteiger partial charge >= 0.3 is 0 Å². The molecule has 3 aromatic carbocycles. The maximum Gasteiger partial charge on any atom is 0.243 e. The van der Waals surface area contributed by atoms with Crippen LogP contribution in [0.2, 0.25) is 10.0 Å². The van der Waals surface area contributed by atoms with E-state index in [2.05, 4.69) is 12.2 Å². The number of rotatable bonds is 14. The van der Waals surface area contributed by atoms with Gasteiger partial charge < -0.3 is 15.0 Å². The number of carbonyl (C=O) groups excluding carboxylic acids is 2. The average molecular weight is 574 g/mol. The van der Waals surface area contributed by atoms with Gasteiger partial charge in [0, 0.05) is 40.9 Å². The molecule has 0 unspecified atom stereocenters. The fraction of sp³-hybridized carbons (Fsp3) is 0.333. The molecule has 3 aromatic rings. The highest BCUT2D eigenvalue weighted by Crippen LogP contribution is 2.28. The number of ether oxygens (including phenoxy) is 1. The normalized spacial score (nSPS) is 11.6. The lowest BCUT2D eigenvalue weighted by molar-refractivity contribution is -0.139. The third-order valence-corrected chi connectivity index (χ3v) is 7.84. The van der Waals surface area contributed by atoms with E-state index in [0.29, 0.717) is 34.3 Å². The van der Waals surface area contributed by atoms with E-state index in [4.69, 9.17) is 27.9 Å². The molecule has 38 heavy (non-hydrogen) atoms. The lowest BCUT2D eigenvalue weighted by atomic mass is 10.0. The summed E-state index contributed by atoms with van der Waals surface area (Å²) in [5.74, 6) is 1.32. The summed E-state index contributed by atoms with van der Waals surface area (Å²) in [6, 6.07) is 22.1. The SMILES string of the molecule is CCCCNC(=O)[C@H](Cc1ccccc1)N(Cc1c(Cl)cccc1Cl)C(=O)CSCc1ccc(OC)cc1.